The zero-order valence-corrected chi connectivity index (χ0v) is 13.8. The first-order chi connectivity index (χ1) is 9.78. The van der Waals surface area contributed by atoms with Crippen molar-refractivity contribution in [2.24, 2.45) is 0 Å². The van der Waals surface area contributed by atoms with Gasteiger partial charge < -0.3 is 15.1 Å². The highest BCUT2D eigenvalue weighted by Gasteiger charge is 2.26. The Kier molecular flexibility index (Phi) is 4.84. The Balaban J connectivity index is 2.17. The fraction of sp³-hybridized carbons (Fsp3) is 0.688. The van der Waals surface area contributed by atoms with E-state index in [-0.39, 0.29) is 17.4 Å². The number of piperazine rings is 1. The summed E-state index contributed by atoms with van der Waals surface area (Å²) < 4.78 is 14.7. The van der Waals surface area contributed by atoms with E-state index in [1.807, 2.05) is 0 Å². The summed E-state index contributed by atoms with van der Waals surface area (Å²) >= 11 is 0. The van der Waals surface area contributed by atoms with Gasteiger partial charge in [0.15, 0.2) is 11.6 Å². The lowest BCUT2D eigenvalue weighted by Crippen LogP contribution is -2.51. The van der Waals surface area contributed by atoms with Gasteiger partial charge in [-0.2, -0.15) is 0 Å². The Hall–Kier alpha value is -1.20. The molecule has 5 heteroatoms. The molecular weight excluding hydrogens is 267 g/mol. The van der Waals surface area contributed by atoms with Crippen LogP contribution in [-0.2, 0) is 6.54 Å². The molecule has 1 saturated heterocycles. The highest BCUT2D eigenvalue weighted by atomic mass is 19.1. The van der Waals surface area contributed by atoms with Crippen molar-refractivity contribution >= 4 is 5.82 Å². The normalized spacial score (nSPS) is 20.9. The van der Waals surface area contributed by atoms with Crippen LogP contribution in [0.3, 0.4) is 0 Å². The standard InChI is InChI=1S/C16H27FN4/c1-12-11-20(5)8-9-21(12)15-14(17)13(6-7-18-15)10-19-16(2,3)4/h6-7,12,19H,8-11H2,1-5H3. The number of aromatic nitrogens is 1. The van der Waals surface area contributed by atoms with Crippen LogP contribution in [0.1, 0.15) is 33.3 Å². The number of anilines is 1. The summed E-state index contributed by atoms with van der Waals surface area (Å²) in [5, 5.41) is 3.33. The van der Waals surface area contributed by atoms with E-state index in [0.29, 0.717) is 17.9 Å². The number of pyridine rings is 1. The van der Waals surface area contributed by atoms with Crippen LogP contribution in [0.15, 0.2) is 12.3 Å². The lowest BCUT2D eigenvalue weighted by atomic mass is 10.1. The third kappa shape index (κ3) is 4.14. The second-order valence-corrected chi connectivity index (χ2v) is 7.02. The van der Waals surface area contributed by atoms with Crippen LogP contribution in [-0.4, -0.2) is 48.1 Å². The molecule has 1 aromatic rings. The van der Waals surface area contributed by atoms with E-state index in [9.17, 15) is 4.39 Å². The van der Waals surface area contributed by atoms with E-state index in [1.165, 1.54) is 0 Å². The van der Waals surface area contributed by atoms with E-state index in [1.54, 1.807) is 12.3 Å². The Morgan fingerprint density at radius 3 is 2.71 bits per heavy atom. The molecule has 0 radical (unpaired) electrons. The largest absolute Gasteiger partial charge is 0.349 e. The summed E-state index contributed by atoms with van der Waals surface area (Å²) in [6.45, 7) is 11.6. The molecule has 1 aliphatic heterocycles. The zero-order valence-electron chi connectivity index (χ0n) is 13.8. The van der Waals surface area contributed by atoms with Crippen LogP contribution in [0, 0.1) is 5.82 Å². The molecule has 2 heterocycles. The van der Waals surface area contributed by atoms with E-state index in [4.69, 9.17) is 0 Å². The van der Waals surface area contributed by atoms with Gasteiger partial charge in [0.1, 0.15) is 0 Å². The molecule has 21 heavy (non-hydrogen) atoms. The highest BCUT2D eigenvalue weighted by molar-refractivity contribution is 5.44. The van der Waals surface area contributed by atoms with Crippen molar-refractivity contribution < 1.29 is 4.39 Å². The number of hydrogen-bond donors (Lipinski definition) is 1. The minimum atomic E-state index is -0.189. The molecule has 1 N–H and O–H groups in total. The second kappa shape index (κ2) is 6.28. The molecule has 2 rings (SSSR count). The maximum Gasteiger partial charge on any atom is 0.170 e. The quantitative estimate of drug-likeness (QED) is 0.926. The summed E-state index contributed by atoms with van der Waals surface area (Å²) in [5.74, 6) is 0.300. The summed E-state index contributed by atoms with van der Waals surface area (Å²) in [6.07, 6.45) is 1.71. The van der Waals surface area contributed by atoms with Crippen LogP contribution in [0.4, 0.5) is 10.2 Å². The van der Waals surface area contributed by atoms with Gasteiger partial charge in [0.2, 0.25) is 0 Å². The first-order valence-electron chi connectivity index (χ1n) is 7.61. The molecule has 1 unspecified atom stereocenters. The molecule has 0 saturated carbocycles. The maximum absolute atomic E-state index is 14.7. The van der Waals surface area contributed by atoms with Crippen LogP contribution in [0.25, 0.3) is 0 Å². The van der Waals surface area contributed by atoms with Crippen molar-refractivity contribution in [3.05, 3.63) is 23.6 Å². The summed E-state index contributed by atoms with van der Waals surface area (Å²) in [7, 11) is 2.10. The number of likely N-dealkylation sites (N-methyl/N-ethyl adjacent to an activating group) is 1. The van der Waals surface area contributed by atoms with Gasteiger partial charge in [-0.05, 0) is 40.8 Å². The molecule has 0 amide bonds. The zero-order chi connectivity index (χ0) is 15.6. The number of hydrogen-bond acceptors (Lipinski definition) is 4. The summed E-state index contributed by atoms with van der Waals surface area (Å²) in [6, 6.07) is 2.04. The second-order valence-electron chi connectivity index (χ2n) is 7.02. The van der Waals surface area contributed by atoms with E-state index >= 15 is 0 Å². The maximum atomic E-state index is 14.7. The molecule has 0 bridgehead atoms. The third-order valence-corrected chi connectivity index (χ3v) is 3.86. The van der Waals surface area contributed by atoms with Crippen LogP contribution in [0.5, 0.6) is 0 Å². The topological polar surface area (TPSA) is 31.4 Å². The lowest BCUT2D eigenvalue weighted by Gasteiger charge is -2.39. The molecule has 0 aromatic carbocycles. The Morgan fingerprint density at radius 1 is 1.38 bits per heavy atom. The van der Waals surface area contributed by atoms with Gasteiger partial charge in [0, 0.05) is 49.5 Å². The average molecular weight is 294 g/mol. The molecule has 0 aliphatic carbocycles. The van der Waals surface area contributed by atoms with Gasteiger partial charge >= 0.3 is 0 Å². The number of nitrogens with zero attached hydrogens (tertiary/aromatic N) is 3. The third-order valence-electron chi connectivity index (χ3n) is 3.86. The smallest absolute Gasteiger partial charge is 0.170 e. The van der Waals surface area contributed by atoms with E-state index in [0.717, 1.165) is 19.6 Å². The summed E-state index contributed by atoms with van der Waals surface area (Å²) in [5.41, 5.74) is 0.651. The predicted molar refractivity (Wildman–Crippen MR) is 85.1 cm³/mol. The van der Waals surface area contributed by atoms with E-state index in [2.05, 4.69) is 54.8 Å². The van der Waals surface area contributed by atoms with Gasteiger partial charge in [-0.3, -0.25) is 0 Å². The van der Waals surface area contributed by atoms with Gasteiger partial charge in [-0.25, -0.2) is 9.37 Å². The van der Waals surface area contributed by atoms with Crippen molar-refractivity contribution in [3.63, 3.8) is 0 Å². The molecular formula is C16H27FN4. The van der Waals surface area contributed by atoms with Gasteiger partial charge in [-0.1, -0.05) is 0 Å². The van der Waals surface area contributed by atoms with Gasteiger partial charge in [0.05, 0.1) is 0 Å². The van der Waals surface area contributed by atoms with Crippen LogP contribution < -0.4 is 10.2 Å². The Labute approximate surface area is 127 Å². The lowest BCUT2D eigenvalue weighted by molar-refractivity contribution is 0.273. The van der Waals surface area contributed by atoms with Gasteiger partial charge in [0.25, 0.3) is 0 Å². The van der Waals surface area contributed by atoms with Crippen molar-refractivity contribution in [3.8, 4) is 0 Å². The molecule has 1 fully saturated rings. The molecule has 1 aliphatic rings. The number of nitrogens with one attached hydrogen (secondary N) is 1. The van der Waals surface area contributed by atoms with Crippen molar-refractivity contribution in [1.29, 1.82) is 0 Å². The SMILES string of the molecule is CC1CN(C)CCN1c1nccc(CNC(C)(C)C)c1F. The minimum Gasteiger partial charge on any atom is -0.349 e. The van der Waals surface area contributed by atoms with Crippen molar-refractivity contribution in [1.82, 2.24) is 15.2 Å². The fourth-order valence-corrected chi connectivity index (χ4v) is 2.62. The van der Waals surface area contributed by atoms with Crippen LogP contribution in [0.2, 0.25) is 0 Å². The predicted octanol–water partition coefficient (Wildman–Crippen LogP) is 2.25. The summed E-state index contributed by atoms with van der Waals surface area (Å²) in [4.78, 5) is 8.63. The first-order valence-corrected chi connectivity index (χ1v) is 7.61. The fourth-order valence-electron chi connectivity index (χ4n) is 2.62. The van der Waals surface area contributed by atoms with Crippen LogP contribution >= 0.6 is 0 Å². The number of halogens is 1. The molecule has 118 valence electrons. The van der Waals surface area contributed by atoms with Crippen molar-refractivity contribution in [2.75, 3.05) is 31.6 Å². The molecule has 1 aromatic heterocycles. The monoisotopic (exact) mass is 294 g/mol. The van der Waals surface area contributed by atoms with E-state index < -0.39 is 0 Å². The first kappa shape index (κ1) is 16.2. The molecule has 1 atom stereocenters. The highest BCUT2D eigenvalue weighted by Crippen LogP contribution is 2.23. The molecule has 4 nitrogen and oxygen atoms in total. The molecule has 0 spiro atoms. The van der Waals surface area contributed by atoms with Gasteiger partial charge in [-0.15, -0.1) is 0 Å². The minimum absolute atomic E-state index is 0.0308. The Bertz CT molecular complexity index is 484. The van der Waals surface area contributed by atoms with Crippen molar-refractivity contribution in [2.45, 2.75) is 45.8 Å². The Morgan fingerprint density at radius 2 is 2.10 bits per heavy atom. The average Bonchev–Trinajstić information content (AvgIpc) is 2.37. The number of rotatable bonds is 3.